The van der Waals surface area contributed by atoms with Crippen LogP contribution in [-0.2, 0) is 5.41 Å². The molecular weight excluding hydrogens is 326 g/mol. The quantitative estimate of drug-likeness (QED) is 0.901. The van der Waals surface area contributed by atoms with Gasteiger partial charge in [-0.05, 0) is 35.6 Å². The number of hydrogen-bond acceptors (Lipinski definition) is 2. The van der Waals surface area contributed by atoms with Crippen molar-refractivity contribution in [2.24, 2.45) is 0 Å². The van der Waals surface area contributed by atoms with Gasteiger partial charge in [-0.2, -0.15) is 0 Å². The molecule has 138 valence electrons. The van der Waals surface area contributed by atoms with Gasteiger partial charge in [-0.1, -0.05) is 32.9 Å². The van der Waals surface area contributed by atoms with Crippen LogP contribution in [0.15, 0.2) is 36.7 Å². The highest BCUT2D eigenvalue weighted by Crippen LogP contribution is 2.25. The third-order valence-corrected chi connectivity index (χ3v) is 5.02. The number of nitrogens with one attached hydrogen (secondary N) is 1. The molecule has 1 aliphatic heterocycles. The predicted molar refractivity (Wildman–Crippen MR) is 102 cm³/mol. The van der Waals surface area contributed by atoms with E-state index in [1.165, 1.54) is 5.56 Å². The largest absolute Gasteiger partial charge is 0.367 e. The number of amides is 2. The van der Waals surface area contributed by atoms with Crippen LogP contribution in [-0.4, -0.2) is 52.8 Å². The summed E-state index contributed by atoms with van der Waals surface area (Å²) in [6.45, 7) is 10.8. The average Bonchev–Trinajstić information content (AvgIpc) is 3.14. The van der Waals surface area contributed by atoms with Gasteiger partial charge >= 0.3 is 0 Å². The lowest BCUT2D eigenvalue weighted by Gasteiger charge is -2.35. The minimum Gasteiger partial charge on any atom is -0.367 e. The molecule has 0 atom stereocenters. The second-order valence-electron chi connectivity index (χ2n) is 7.96. The van der Waals surface area contributed by atoms with Crippen LogP contribution in [0, 0.1) is 6.92 Å². The van der Waals surface area contributed by atoms with E-state index in [2.05, 4.69) is 31.8 Å². The van der Waals surface area contributed by atoms with Crippen molar-refractivity contribution < 1.29 is 9.59 Å². The number of H-pyrrole nitrogens is 1. The highest BCUT2D eigenvalue weighted by Gasteiger charge is 2.26. The molecule has 1 aliphatic rings. The van der Waals surface area contributed by atoms with E-state index in [-0.39, 0.29) is 17.2 Å². The fourth-order valence-electron chi connectivity index (χ4n) is 3.29. The molecule has 26 heavy (non-hydrogen) atoms. The van der Waals surface area contributed by atoms with Gasteiger partial charge < -0.3 is 14.8 Å². The van der Waals surface area contributed by atoms with Gasteiger partial charge in [-0.25, -0.2) is 0 Å². The minimum absolute atomic E-state index is 0.0176. The zero-order valence-corrected chi connectivity index (χ0v) is 16.0. The number of carbonyl (C=O) groups excluding carboxylic acids is 2. The molecule has 0 spiro atoms. The van der Waals surface area contributed by atoms with Gasteiger partial charge in [0.25, 0.3) is 11.8 Å². The maximum atomic E-state index is 12.9. The Bertz CT molecular complexity index is 795. The van der Waals surface area contributed by atoms with E-state index in [4.69, 9.17) is 0 Å². The molecule has 5 heteroatoms. The first-order valence-corrected chi connectivity index (χ1v) is 9.10. The Morgan fingerprint density at radius 3 is 2.08 bits per heavy atom. The molecule has 5 nitrogen and oxygen atoms in total. The van der Waals surface area contributed by atoms with Crippen molar-refractivity contribution in [1.82, 2.24) is 14.8 Å². The molecular formula is C21H27N3O2. The van der Waals surface area contributed by atoms with Gasteiger partial charge in [0.15, 0.2) is 0 Å². The number of carbonyl (C=O) groups is 2. The minimum atomic E-state index is 0.0176. The van der Waals surface area contributed by atoms with E-state index in [9.17, 15) is 9.59 Å². The molecule has 2 heterocycles. The van der Waals surface area contributed by atoms with Gasteiger partial charge in [0, 0.05) is 44.1 Å². The number of aromatic nitrogens is 1. The third-order valence-electron chi connectivity index (χ3n) is 5.02. The van der Waals surface area contributed by atoms with E-state index in [1.54, 1.807) is 18.5 Å². The molecule has 0 bridgehead atoms. The number of aryl methyl sites for hydroxylation is 1. The zero-order valence-electron chi connectivity index (χ0n) is 16.0. The Morgan fingerprint density at radius 2 is 1.58 bits per heavy atom. The number of aromatic amines is 1. The summed E-state index contributed by atoms with van der Waals surface area (Å²) in [5.41, 5.74) is 3.72. The molecule has 2 aromatic rings. The summed E-state index contributed by atoms with van der Waals surface area (Å²) in [5.74, 6) is 0.0702. The highest BCUT2D eigenvalue weighted by atomic mass is 16.2. The van der Waals surface area contributed by atoms with Crippen LogP contribution in [0.3, 0.4) is 0 Å². The maximum absolute atomic E-state index is 12.9. The normalized spacial score (nSPS) is 15.2. The first-order chi connectivity index (χ1) is 12.3. The monoisotopic (exact) mass is 353 g/mol. The summed E-state index contributed by atoms with van der Waals surface area (Å²) in [6, 6.07) is 7.88. The molecule has 1 aromatic carbocycles. The molecule has 2 amide bonds. The van der Waals surface area contributed by atoms with Crippen molar-refractivity contribution in [2.45, 2.75) is 33.1 Å². The zero-order chi connectivity index (χ0) is 18.9. The summed E-state index contributed by atoms with van der Waals surface area (Å²) in [7, 11) is 0. The Morgan fingerprint density at radius 1 is 0.962 bits per heavy atom. The van der Waals surface area contributed by atoms with Crippen molar-refractivity contribution >= 4 is 11.8 Å². The van der Waals surface area contributed by atoms with E-state index in [0.717, 1.165) is 11.1 Å². The topological polar surface area (TPSA) is 56.4 Å². The smallest absolute Gasteiger partial charge is 0.255 e. The molecule has 0 radical (unpaired) electrons. The number of piperazine rings is 1. The molecule has 1 fully saturated rings. The Labute approximate surface area is 155 Å². The van der Waals surface area contributed by atoms with Gasteiger partial charge in [-0.3, -0.25) is 9.59 Å². The Kier molecular flexibility index (Phi) is 4.90. The summed E-state index contributed by atoms with van der Waals surface area (Å²) >= 11 is 0. The van der Waals surface area contributed by atoms with Crippen molar-refractivity contribution in [2.75, 3.05) is 26.2 Å². The fraction of sp³-hybridized carbons (Fsp3) is 0.429. The standard InChI is InChI=1S/C21H27N3O2/c1-15-13-17(21(2,3)4)5-6-18(15)20(26)24-11-9-23(10-12-24)19(25)16-7-8-22-14-16/h5-8,13-14,22H,9-12H2,1-4H3. The van der Waals surface area contributed by atoms with Crippen LogP contribution in [0.25, 0.3) is 0 Å². The van der Waals surface area contributed by atoms with E-state index in [0.29, 0.717) is 31.7 Å². The molecule has 3 rings (SSSR count). The average molecular weight is 353 g/mol. The summed E-state index contributed by atoms with van der Waals surface area (Å²) in [4.78, 5) is 31.9. The van der Waals surface area contributed by atoms with Crippen LogP contribution >= 0.6 is 0 Å². The second kappa shape index (κ2) is 6.98. The molecule has 0 unspecified atom stereocenters. The summed E-state index contributed by atoms with van der Waals surface area (Å²) in [5, 5.41) is 0. The Balaban J connectivity index is 1.66. The van der Waals surface area contributed by atoms with Gasteiger partial charge in [-0.15, -0.1) is 0 Å². The lowest BCUT2D eigenvalue weighted by Crippen LogP contribution is -2.50. The number of benzene rings is 1. The first-order valence-electron chi connectivity index (χ1n) is 9.10. The molecule has 0 aliphatic carbocycles. The second-order valence-corrected chi connectivity index (χ2v) is 7.96. The van der Waals surface area contributed by atoms with Crippen LogP contribution in [0.5, 0.6) is 0 Å². The highest BCUT2D eigenvalue weighted by molar-refractivity contribution is 5.96. The van der Waals surface area contributed by atoms with Gasteiger partial charge in [0.05, 0.1) is 5.56 Å². The van der Waals surface area contributed by atoms with Crippen molar-refractivity contribution in [3.05, 3.63) is 58.9 Å². The van der Waals surface area contributed by atoms with Crippen molar-refractivity contribution in [3.63, 3.8) is 0 Å². The van der Waals surface area contributed by atoms with Crippen molar-refractivity contribution in [3.8, 4) is 0 Å². The number of rotatable bonds is 2. The fourth-order valence-corrected chi connectivity index (χ4v) is 3.29. The summed E-state index contributed by atoms with van der Waals surface area (Å²) in [6.07, 6.45) is 3.46. The van der Waals surface area contributed by atoms with Gasteiger partial charge in [0.1, 0.15) is 0 Å². The predicted octanol–water partition coefficient (Wildman–Crippen LogP) is 3.22. The van der Waals surface area contributed by atoms with Crippen LogP contribution < -0.4 is 0 Å². The number of nitrogens with zero attached hydrogens (tertiary/aromatic N) is 2. The SMILES string of the molecule is Cc1cc(C(C)(C)C)ccc1C(=O)N1CCN(C(=O)c2cc[nH]c2)CC1. The van der Waals surface area contributed by atoms with E-state index >= 15 is 0 Å². The van der Waals surface area contributed by atoms with E-state index in [1.807, 2.05) is 28.9 Å². The number of hydrogen-bond donors (Lipinski definition) is 1. The van der Waals surface area contributed by atoms with Crippen molar-refractivity contribution in [1.29, 1.82) is 0 Å². The Hall–Kier alpha value is -2.56. The molecule has 0 saturated carbocycles. The van der Waals surface area contributed by atoms with Crippen LogP contribution in [0.1, 0.15) is 52.6 Å². The molecule has 1 aromatic heterocycles. The maximum Gasteiger partial charge on any atom is 0.255 e. The van der Waals surface area contributed by atoms with Crippen LogP contribution in [0.4, 0.5) is 0 Å². The summed E-state index contributed by atoms with van der Waals surface area (Å²) < 4.78 is 0. The lowest BCUT2D eigenvalue weighted by atomic mass is 9.85. The van der Waals surface area contributed by atoms with E-state index < -0.39 is 0 Å². The lowest BCUT2D eigenvalue weighted by molar-refractivity contribution is 0.0535. The first kappa shape index (κ1) is 18.2. The molecule has 1 saturated heterocycles. The van der Waals surface area contributed by atoms with Crippen LogP contribution in [0.2, 0.25) is 0 Å². The third kappa shape index (κ3) is 3.66. The van der Waals surface area contributed by atoms with Gasteiger partial charge in [0.2, 0.25) is 0 Å². The molecule has 1 N–H and O–H groups in total.